The molecular formula is C8H15N3O. The Labute approximate surface area is 73.2 Å². The Bertz CT molecular complexity index is 174. The van der Waals surface area contributed by atoms with Crippen LogP contribution in [0.15, 0.2) is 0 Å². The minimum Gasteiger partial charge on any atom is -0.328 e. The van der Waals surface area contributed by atoms with Crippen LogP contribution in [0.4, 0.5) is 0 Å². The zero-order chi connectivity index (χ0) is 9.40. The minimum absolute atomic E-state index is 0.0468. The van der Waals surface area contributed by atoms with Gasteiger partial charge < -0.3 is 10.2 Å². The lowest BCUT2D eigenvalue weighted by Gasteiger charge is -2.16. The highest BCUT2D eigenvalue weighted by Gasteiger charge is 2.05. The summed E-state index contributed by atoms with van der Waals surface area (Å²) in [6, 6.07) is 1.95. The topological polar surface area (TPSA) is 56.1 Å². The van der Waals surface area contributed by atoms with Gasteiger partial charge in [-0.2, -0.15) is 5.26 Å². The number of carbonyl (C=O) groups excluding carboxylic acids is 1. The molecule has 1 amide bonds. The number of nitriles is 1. The van der Waals surface area contributed by atoms with E-state index in [1.165, 1.54) is 11.8 Å². The molecule has 0 radical (unpaired) electrons. The van der Waals surface area contributed by atoms with Gasteiger partial charge in [0.25, 0.3) is 0 Å². The number of nitrogens with zero attached hydrogens (tertiary/aromatic N) is 2. The third-order valence-electron chi connectivity index (χ3n) is 1.52. The van der Waals surface area contributed by atoms with Crippen molar-refractivity contribution >= 4 is 5.91 Å². The Balaban J connectivity index is 3.65. The Morgan fingerprint density at radius 2 is 2.33 bits per heavy atom. The number of amides is 1. The summed E-state index contributed by atoms with van der Waals surface area (Å²) < 4.78 is 0. The molecule has 0 aliphatic rings. The monoisotopic (exact) mass is 169 g/mol. The fraction of sp³-hybridized carbons (Fsp3) is 0.750. The van der Waals surface area contributed by atoms with E-state index in [9.17, 15) is 4.79 Å². The molecule has 0 aromatic carbocycles. The molecule has 1 N–H and O–H groups in total. The van der Waals surface area contributed by atoms with Crippen molar-refractivity contribution in [2.75, 3.05) is 26.2 Å². The molecule has 0 heterocycles. The van der Waals surface area contributed by atoms with Crippen molar-refractivity contribution in [2.45, 2.75) is 13.8 Å². The first kappa shape index (κ1) is 10.9. The Morgan fingerprint density at radius 3 is 2.75 bits per heavy atom. The summed E-state index contributed by atoms with van der Waals surface area (Å²) in [6.07, 6.45) is 0. The van der Waals surface area contributed by atoms with Gasteiger partial charge in [0.15, 0.2) is 0 Å². The van der Waals surface area contributed by atoms with Crippen LogP contribution in [-0.4, -0.2) is 37.0 Å². The van der Waals surface area contributed by atoms with Crippen LogP contribution in [0.1, 0.15) is 13.8 Å². The molecule has 0 fully saturated rings. The van der Waals surface area contributed by atoms with Crippen molar-refractivity contribution in [1.82, 2.24) is 10.2 Å². The SMILES string of the molecule is CCNCCN(CC#N)C(C)=O. The average Bonchev–Trinajstić information content (AvgIpc) is 2.03. The second kappa shape index (κ2) is 6.62. The second-order valence-electron chi connectivity index (χ2n) is 2.45. The van der Waals surface area contributed by atoms with Crippen molar-refractivity contribution in [3.8, 4) is 6.07 Å². The standard InChI is InChI=1S/C8H15N3O/c1-3-10-5-7-11(6-4-9)8(2)12/h10H,3,5-7H2,1-2H3. The normalized spacial score (nSPS) is 9.08. The highest BCUT2D eigenvalue weighted by atomic mass is 16.2. The van der Waals surface area contributed by atoms with Gasteiger partial charge in [0, 0.05) is 20.0 Å². The van der Waals surface area contributed by atoms with Crippen LogP contribution in [0.5, 0.6) is 0 Å². The summed E-state index contributed by atoms with van der Waals surface area (Å²) in [5.41, 5.74) is 0. The van der Waals surface area contributed by atoms with Crippen molar-refractivity contribution in [2.24, 2.45) is 0 Å². The summed E-state index contributed by atoms with van der Waals surface area (Å²) in [7, 11) is 0. The maximum atomic E-state index is 10.9. The van der Waals surface area contributed by atoms with Crippen LogP contribution >= 0.6 is 0 Å². The number of nitrogens with one attached hydrogen (secondary N) is 1. The first-order valence-corrected chi connectivity index (χ1v) is 4.05. The molecule has 68 valence electrons. The van der Waals surface area contributed by atoms with Gasteiger partial charge in [-0.15, -0.1) is 0 Å². The lowest BCUT2D eigenvalue weighted by atomic mass is 10.4. The van der Waals surface area contributed by atoms with Gasteiger partial charge in [0.1, 0.15) is 6.54 Å². The molecule has 0 aromatic heterocycles. The highest BCUT2D eigenvalue weighted by Crippen LogP contribution is 1.86. The Hall–Kier alpha value is -1.08. The predicted molar refractivity (Wildman–Crippen MR) is 46.4 cm³/mol. The quantitative estimate of drug-likeness (QED) is 0.464. The number of carbonyl (C=O) groups is 1. The van der Waals surface area contributed by atoms with Crippen molar-refractivity contribution < 1.29 is 4.79 Å². The van der Waals surface area contributed by atoms with Crippen LogP contribution in [0.2, 0.25) is 0 Å². The largest absolute Gasteiger partial charge is 0.328 e. The van der Waals surface area contributed by atoms with Gasteiger partial charge in [-0.25, -0.2) is 0 Å². The summed E-state index contributed by atoms with van der Waals surface area (Å²) in [6.45, 7) is 5.90. The van der Waals surface area contributed by atoms with E-state index in [1.807, 2.05) is 13.0 Å². The van der Waals surface area contributed by atoms with Crippen LogP contribution in [0, 0.1) is 11.3 Å². The molecule has 0 saturated heterocycles. The summed E-state index contributed by atoms with van der Waals surface area (Å²) in [5, 5.41) is 11.5. The van der Waals surface area contributed by atoms with E-state index in [-0.39, 0.29) is 12.5 Å². The fourth-order valence-electron chi connectivity index (χ4n) is 0.824. The number of hydrogen-bond donors (Lipinski definition) is 1. The molecule has 0 aliphatic heterocycles. The first-order valence-electron chi connectivity index (χ1n) is 4.05. The summed E-state index contributed by atoms with van der Waals surface area (Å²) in [4.78, 5) is 12.4. The number of likely N-dealkylation sites (N-methyl/N-ethyl adjacent to an activating group) is 1. The van der Waals surface area contributed by atoms with Crippen molar-refractivity contribution in [3.05, 3.63) is 0 Å². The molecule has 12 heavy (non-hydrogen) atoms. The highest BCUT2D eigenvalue weighted by molar-refractivity contribution is 5.73. The predicted octanol–water partition coefficient (Wildman–Crippen LogP) is -0.0320. The van der Waals surface area contributed by atoms with Gasteiger partial charge in [-0.1, -0.05) is 6.92 Å². The van der Waals surface area contributed by atoms with Gasteiger partial charge in [-0.05, 0) is 6.54 Å². The second-order valence-corrected chi connectivity index (χ2v) is 2.45. The maximum Gasteiger partial charge on any atom is 0.220 e. The van der Waals surface area contributed by atoms with Crippen molar-refractivity contribution in [3.63, 3.8) is 0 Å². The molecule has 4 nitrogen and oxygen atoms in total. The van der Waals surface area contributed by atoms with Crippen molar-refractivity contribution in [1.29, 1.82) is 5.26 Å². The van der Waals surface area contributed by atoms with E-state index in [4.69, 9.17) is 5.26 Å². The van der Waals surface area contributed by atoms with Gasteiger partial charge in [-0.3, -0.25) is 4.79 Å². The molecule has 0 aromatic rings. The third kappa shape index (κ3) is 4.69. The number of hydrogen-bond acceptors (Lipinski definition) is 3. The first-order chi connectivity index (χ1) is 5.72. The zero-order valence-corrected chi connectivity index (χ0v) is 7.63. The van der Waals surface area contributed by atoms with E-state index >= 15 is 0 Å². The minimum atomic E-state index is -0.0468. The third-order valence-corrected chi connectivity index (χ3v) is 1.52. The summed E-state index contributed by atoms with van der Waals surface area (Å²) >= 11 is 0. The van der Waals surface area contributed by atoms with Crippen LogP contribution < -0.4 is 5.32 Å². The van der Waals surface area contributed by atoms with E-state index < -0.39 is 0 Å². The molecule has 0 saturated carbocycles. The molecule has 0 spiro atoms. The molecule has 0 atom stereocenters. The summed E-state index contributed by atoms with van der Waals surface area (Å²) in [5.74, 6) is -0.0468. The zero-order valence-electron chi connectivity index (χ0n) is 7.63. The maximum absolute atomic E-state index is 10.9. The smallest absolute Gasteiger partial charge is 0.220 e. The van der Waals surface area contributed by atoms with Gasteiger partial charge in [0.05, 0.1) is 6.07 Å². The Kier molecular flexibility index (Phi) is 6.02. The molecular weight excluding hydrogens is 154 g/mol. The fourth-order valence-corrected chi connectivity index (χ4v) is 0.824. The molecule has 0 rings (SSSR count). The molecule has 4 heteroatoms. The number of rotatable bonds is 5. The average molecular weight is 169 g/mol. The van der Waals surface area contributed by atoms with E-state index in [2.05, 4.69) is 5.32 Å². The van der Waals surface area contributed by atoms with Gasteiger partial charge >= 0.3 is 0 Å². The lowest BCUT2D eigenvalue weighted by Crippen LogP contribution is -2.35. The van der Waals surface area contributed by atoms with E-state index in [0.717, 1.165) is 13.1 Å². The van der Waals surface area contributed by atoms with Crippen LogP contribution in [0.3, 0.4) is 0 Å². The lowest BCUT2D eigenvalue weighted by molar-refractivity contribution is -0.128. The molecule has 0 aliphatic carbocycles. The molecule has 0 unspecified atom stereocenters. The Morgan fingerprint density at radius 1 is 1.67 bits per heavy atom. The molecule has 0 bridgehead atoms. The van der Waals surface area contributed by atoms with Crippen LogP contribution in [0.25, 0.3) is 0 Å². The van der Waals surface area contributed by atoms with E-state index in [1.54, 1.807) is 0 Å². The van der Waals surface area contributed by atoms with Gasteiger partial charge in [0.2, 0.25) is 5.91 Å². The van der Waals surface area contributed by atoms with Crippen LogP contribution in [-0.2, 0) is 4.79 Å². The van der Waals surface area contributed by atoms with E-state index in [0.29, 0.717) is 6.54 Å².